The Labute approximate surface area is 124 Å². The first-order valence-corrected chi connectivity index (χ1v) is 8.10. The van der Waals surface area contributed by atoms with E-state index in [0.717, 1.165) is 11.1 Å². The van der Waals surface area contributed by atoms with Crippen molar-refractivity contribution in [3.8, 4) is 0 Å². The molecule has 0 saturated heterocycles. The van der Waals surface area contributed by atoms with E-state index >= 15 is 0 Å². The Kier molecular flexibility index (Phi) is 4.48. The molecule has 0 aliphatic heterocycles. The molecule has 0 bridgehead atoms. The van der Waals surface area contributed by atoms with Gasteiger partial charge in [0.1, 0.15) is 0 Å². The molecule has 2 aromatic rings. The molecule has 0 amide bonds. The Balaban J connectivity index is 2.24. The minimum atomic E-state index is -3.55. The van der Waals surface area contributed by atoms with E-state index < -0.39 is 16.1 Å². The highest BCUT2D eigenvalue weighted by Crippen LogP contribution is 2.24. The van der Waals surface area contributed by atoms with Gasteiger partial charge in [-0.25, -0.2) is 13.1 Å². The zero-order valence-electron chi connectivity index (χ0n) is 11.3. The number of aryl methyl sites for hydroxylation is 1. The van der Waals surface area contributed by atoms with Gasteiger partial charge in [0.05, 0.1) is 4.90 Å². The van der Waals surface area contributed by atoms with Crippen LogP contribution in [-0.2, 0) is 10.0 Å². The van der Waals surface area contributed by atoms with Gasteiger partial charge in [-0.3, -0.25) is 0 Å². The monoisotopic (exact) mass is 309 g/mol. The molecular formula is C15H16ClNO2S. The summed E-state index contributed by atoms with van der Waals surface area (Å²) in [7, 11) is -3.55. The fourth-order valence-electron chi connectivity index (χ4n) is 1.91. The summed E-state index contributed by atoms with van der Waals surface area (Å²) in [5.41, 5.74) is 1.77. The van der Waals surface area contributed by atoms with Crippen molar-refractivity contribution in [2.24, 2.45) is 0 Å². The molecule has 0 aromatic heterocycles. The summed E-state index contributed by atoms with van der Waals surface area (Å²) >= 11 is 6.08. The van der Waals surface area contributed by atoms with Crippen LogP contribution in [0.15, 0.2) is 53.4 Å². The molecule has 106 valence electrons. The van der Waals surface area contributed by atoms with Crippen molar-refractivity contribution < 1.29 is 8.42 Å². The van der Waals surface area contributed by atoms with Crippen LogP contribution in [-0.4, -0.2) is 8.42 Å². The Hall–Kier alpha value is -1.36. The number of hydrogen-bond acceptors (Lipinski definition) is 2. The molecule has 2 aromatic carbocycles. The van der Waals surface area contributed by atoms with Gasteiger partial charge in [-0.2, -0.15) is 0 Å². The third-order valence-corrected chi connectivity index (χ3v) is 4.94. The van der Waals surface area contributed by atoms with Crippen molar-refractivity contribution in [3.63, 3.8) is 0 Å². The Bertz CT molecular complexity index is 696. The summed E-state index contributed by atoms with van der Waals surface area (Å²) in [5, 5.41) is 0.548. The predicted molar refractivity (Wildman–Crippen MR) is 81.4 cm³/mol. The summed E-state index contributed by atoms with van der Waals surface area (Å²) in [6.45, 7) is 3.68. The summed E-state index contributed by atoms with van der Waals surface area (Å²) in [4.78, 5) is 0.252. The minimum Gasteiger partial charge on any atom is -0.207 e. The van der Waals surface area contributed by atoms with E-state index in [-0.39, 0.29) is 4.90 Å². The zero-order valence-corrected chi connectivity index (χ0v) is 12.9. The molecule has 0 saturated carbocycles. The van der Waals surface area contributed by atoms with Gasteiger partial charge in [0.2, 0.25) is 10.0 Å². The fourth-order valence-corrected chi connectivity index (χ4v) is 3.43. The van der Waals surface area contributed by atoms with E-state index in [1.165, 1.54) is 0 Å². The van der Waals surface area contributed by atoms with Crippen molar-refractivity contribution >= 4 is 21.6 Å². The average Bonchev–Trinajstić information content (AvgIpc) is 2.39. The highest BCUT2D eigenvalue weighted by molar-refractivity contribution is 7.89. The van der Waals surface area contributed by atoms with E-state index in [9.17, 15) is 8.42 Å². The average molecular weight is 310 g/mol. The molecule has 3 nitrogen and oxygen atoms in total. The molecule has 0 unspecified atom stereocenters. The molecule has 5 heteroatoms. The molecule has 1 atom stereocenters. The third kappa shape index (κ3) is 3.39. The van der Waals surface area contributed by atoms with Crippen molar-refractivity contribution in [3.05, 3.63) is 64.7 Å². The highest BCUT2D eigenvalue weighted by Gasteiger charge is 2.19. The van der Waals surface area contributed by atoms with E-state index in [0.29, 0.717) is 5.02 Å². The maximum Gasteiger partial charge on any atom is 0.241 e. The van der Waals surface area contributed by atoms with Gasteiger partial charge in [-0.1, -0.05) is 47.5 Å². The Morgan fingerprint density at radius 3 is 2.25 bits per heavy atom. The van der Waals surface area contributed by atoms with Crippen LogP contribution in [0.5, 0.6) is 0 Å². The molecule has 0 fully saturated rings. The second-order valence-electron chi connectivity index (χ2n) is 4.68. The third-order valence-electron chi connectivity index (χ3n) is 3.03. The lowest BCUT2D eigenvalue weighted by Crippen LogP contribution is -2.27. The molecular weight excluding hydrogens is 294 g/mol. The van der Waals surface area contributed by atoms with Crippen LogP contribution in [0.2, 0.25) is 5.02 Å². The van der Waals surface area contributed by atoms with Crippen LogP contribution in [0.4, 0.5) is 0 Å². The molecule has 0 aliphatic carbocycles. The van der Waals surface area contributed by atoms with Crippen LogP contribution in [0.1, 0.15) is 24.1 Å². The first-order valence-electron chi connectivity index (χ1n) is 6.23. The Morgan fingerprint density at radius 1 is 1.05 bits per heavy atom. The number of nitrogens with one attached hydrogen (secondary N) is 1. The summed E-state index contributed by atoms with van der Waals surface area (Å²) in [5.74, 6) is 0. The van der Waals surface area contributed by atoms with Crippen molar-refractivity contribution in [1.29, 1.82) is 0 Å². The maximum absolute atomic E-state index is 12.3. The number of hydrogen-bond donors (Lipinski definition) is 1. The van der Waals surface area contributed by atoms with Crippen LogP contribution < -0.4 is 4.72 Å². The summed E-state index contributed by atoms with van der Waals surface area (Å²) in [6, 6.07) is 13.5. The van der Waals surface area contributed by atoms with E-state index in [4.69, 9.17) is 11.6 Å². The van der Waals surface area contributed by atoms with E-state index in [1.54, 1.807) is 37.3 Å². The van der Waals surface area contributed by atoms with Gasteiger partial charge in [-0.15, -0.1) is 0 Å². The van der Waals surface area contributed by atoms with Gasteiger partial charge in [0.15, 0.2) is 0 Å². The van der Waals surface area contributed by atoms with Crippen molar-refractivity contribution in [2.45, 2.75) is 24.8 Å². The van der Waals surface area contributed by atoms with Crippen molar-refractivity contribution in [2.75, 3.05) is 0 Å². The van der Waals surface area contributed by atoms with Crippen LogP contribution in [0.25, 0.3) is 0 Å². The number of sulfonamides is 1. The normalized spacial score (nSPS) is 13.2. The maximum atomic E-state index is 12.3. The Morgan fingerprint density at radius 2 is 1.65 bits per heavy atom. The lowest BCUT2D eigenvalue weighted by atomic mass is 10.1. The number of rotatable bonds is 4. The highest BCUT2D eigenvalue weighted by atomic mass is 35.5. The van der Waals surface area contributed by atoms with Crippen LogP contribution >= 0.6 is 11.6 Å². The van der Waals surface area contributed by atoms with Crippen molar-refractivity contribution in [1.82, 2.24) is 4.72 Å². The topological polar surface area (TPSA) is 46.2 Å². The van der Waals surface area contributed by atoms with Gasteiger partial charge in [0.25, 0.3) is 0 Å². The minimum absolute atomic E-state index is 0.252. The molecule has 0 radical (unpaired) electrons. The molecule has 0 spiro atoms. The largest absolute Gasteiger partial charge is 0.241 e. The summed E-state index contributed by atoms with van der Waals surface area (Å²) < 4.78 is 27.2. The van der Waals surface area contributed by atoms with E-state index in [2.05, 4.69) is 4.72 Å². The van der Waals surface area contributed by atoms with Gasteiger partial charge in [0, 0.05) is 11.1 Å². The van der Waals surface area contributed by atoms with Gasteiger partial charge in [-0.05, 0) is 37.6 Å². The van der Waals surface area contributed by atoms with Gasteiger partial charge < -0.3 is 0 Å². The molecule has 0 heterocycles. The van der Waals surface area contributed by atoms with E-state index in [1.807, 2.05) is 25.1 Å². The summed E-state index contributed by atoms with van der Waals surface area (Å²) in [6.07, 6.45) is 0. The molecule has 20 heavy (non-hydrogen) atoms. The quantitative estimate of drug-likeness (QED) is 0.936. The van der Waals surface area contributed by atoms with Gasteiger partial charge >= 0.3 is 0 Å². The predicted octanol–water partition coefficient (Wildman–Crippen LogP) is 3.69. The first kappa shape index (κ1) is 15.0. The second kappa shape index (κ2) is 5.95. The second-order valence-corrected chi connectivity index (χ2v) is 6.80. The molecule has 1 N–H and O–H groups in total. The number of benzene rings is 2. The number of halogens is 1. The lowest BCUT2D eigenvalue weighted by molar-refractivity contribution is 0.567. The van der Waals surface area contributed by atoms with Crippen LogP contribution in [0.3, 0.4) is 0 Å². The lowest BCUT2D eigenvalue weighted by Gasteiger charge is -2.16. The molecule has 0 aliphatic rings. The fraction of sp³-hybridized carbons (Fsp3) is 0.200. The smallest absolute Gasteiger partial charge is 0.207 e. The first-order chi connectivity index (χ1) is 9.40. The standard InChI is InChI=1S/C15H16ClNO2S/c1-11-7-9-13(10-8-11)20(18,19)17-12(2)14-5-3-4-6-15(14)16/h3-10,12,17H,1-2H3/t12-/m0/s1. The SMILES string of the molecule is Cc1ccc(S(=O)(=O)N[C@@H](C)c2ccccc2Cl)cc1. The molecule has 2 rings (SSSR count). The van der Waals surface area contributed by atoms with Crippen LogP contribution in [0, 0.1) is 6.92 Å². The zero-order chi connectivity index (χ0) is 14.8.